The molecule has 1 aromatic rings. The van der Waals surface area contributed by atoms with Crippen molar-refractivity contribution in [3.05, 3.63) is 23.8 Å². The highest BCUT2D eigenvalue weighted by molar-refractivity contribution is 7.99. The van der Waals surface area contributed by atoms with Crippen molar-refractivity contribution in [2.75, 3.05) is 42.2 Å². The average Bonchev–Trinajstić information content (AvgIpc) is 2.63. The van der Waals surface area contributed by atoms with Gasteiger partial charge in [-0.3, -0.25) is 9.69 Å². The number of nitrogens with one attached hydrogen (secondary N) is 1. The summed E-state index contributed by atoms with van der Waals surface area (Å²) in [5.41, 5.74) is 8.27. The maximum absolute atomic E-state index is 12.1. The van der Waals surface area contributed by atoms with Gasteiger partial charge in [0.1, 0.15) is 0 Å². The van der Waals surface area contributed by atoms with Crippen LogP contribution in [0.2, 0.25) is 0 Å². The Morgan fingerprint density at radius 3 is 3.05 bits per heavy atom. The summed E-state index contributed by atoms with van der Waals surface area (Å²) in [4.78, 5) is 14.3. The van der Waals surface area contributed by atoms with Crippen LogP contribution in [0, 0.1) is 6.92 Å². The van der Waals surface area contributed by atoms with E-state index in [1.807, 2.05) is 36.9 Å². The van der Waals surface area contributed by atoms with Gasteiger partial charge in [0.05, 0.1) is 17.9 Å². The minimum Gasteiger partial charge on any atom is -0.397 e. The molecule has 1 amide bonds. The van der Waals surface area contributed by atoms with E-state index in [9.17, 15) is 4.79 Å². The average molecular weight is 279 g/mol. The van der Waals surface area contributed by atoms with Gasteiger partial charge in [0.15, 0.2) is 0 Å². The number of carbonyl (C=O) groups excluding carboxylic acids is 1. The van der Waals surface area contributed by atoms with Crippen LogP contribution in [-0.4, -0.2) is 41.9 Å². The highest BCUT2D eigenvalue weighted by atomic mass is 32.2. The van der Waals surface area contributed by atoms with Crippen molar-refractivity contribution in [2.24, 2.45) is 0 Å². The zero-order valence-electron chi connectivity index (χ0n) is 11.3. The molecule has 1 aliphatic heterocycles. The third-order valence-electron chi connectivity index (χ3n) is 3.25. The Kier molecular flexibility index (Phi) is 5.10. The number of para-hydroxylation sites is 1. The first-order valence-corrected chi connectivity index (χ1v) is 7.77. The lowest BCUT2D eigenvalue weighted by Crippen LogP contribution is -2.35. The minimum absolute atomic E-state index is 0.0212. The Bertz CT molecular complexity index is 422. The molecule has 1 heterocycles. The summed E-state index contributed by atoms with van der Waals surface area (Å²) in [5, 5.41) is 2.93. The van der Waals surface area contributed by atoms with Crippen LogP contribution in [0.3, 0.4) is 0 Å². The monoisotopic (exact) mass is 279 g/mol. The summed E-state index contributed by atoms with van der Waals surface area (Å²) in [5.74, 6) is 2.33. The number of hydrogen-bond acceptors (Lipinski definition) is 4. The number of aryl methyl sites for hydroxylation is 1. The summed E-state index contributed by atoms with van der Waals surface area (Å²) in [6.45, 7) is 4.40. The Hall–Kier alpha value is -1.20. The largest absolute Gasteiger partial charge is 0.397 e. The van der Waals surface area contributed by atoms with E-state index in [0.29, 0.717) is 12.2 Å². The second-order valence-corrected chi connectivity index (χ2v) is 6.05. The van der Waals surface area contributed by atoms with Crippen LogP contribution in [0.4, 0.5) is 11.4 Å². The highest BCUT2D eigenvalue weighted by Gasteiger charge is 2.14. The molecule has 1 aromatic carbocycles. The summed E-state index contributed by atoms with van der Waals surface area (Å²) < 4.78 is 0. The van der Waals surface area contributed by atoms with Crippen LogP contribution in [-0.2, 0) is 4.79 Å². The van der Waals surface area contributed by atoms with Gasteiger partial charge in [-0.25, -0.2) is 0 Å². The molecule has 0 aromatic heterocycles. The van der Waals surface area contributed by atoms with Crippen LogP contribution in [0.15, 0.2) is 18.2 Å². The highest BCUT2D eigenvalue weighted by Crippen LogP contribution is 2.22. The first kappa shape index (κ1) is 14.2. The van der Waals surface area contributed by atoms with E-state index in [1.165, 1.54) is 5.75 Å². The van der Waals surface area contributed by atoms with Crippen LogP contribution in [0.5, 0.6) is 0 Å². The third kappa shape index (κ3) is 4.14. The minimum atomic E-state index is 0.0212. The van der Waals surface area contributed by atoms with Gasteiger partial charge in [0.25, 0.3) is 0 Å². The van der Waals surface area contributed by atoms with Gasteiger partial charge in [-0.05, 0) is 37.3 Å². The molecule has 0 saturated carbocycles. The van der Waals surface area contributed by atoms with Crippen molar-refractivity contribution >= 4 is 29.0 Å². The van der Waals surface area contributed by atoms with Crippen LogP contribution in [0.25, 0.3) is 0 Å². The lowest BCUT2D eigenvalue weighted by Gasteiger charge is -2.19. The zero-order chi connectivity index (χ0) is 13.7. The fourth-order valence-corrected chi connectivity index (χ4v) is 3.12. The van der Waals surface area contributed by atoms with Crippen LogP contribution < -0.4 is 11.1 Å². The zero-order valence-corrected chi connectivity index (χ0v) is 12.1. The fourth-order valence-electron chi connectivity index (χ4n) is 2.20. The van der Waals surface area contributed by atoms with E-state index in [-0.39, 0.29) is 5.91 Å². The molecule has 0 atom stereocenters. The number of nitrogens with two attached hydrogens (primary N) is 1. The second-order valence-electron chi connectivity index (χ2n) is 4.83. The molecular weight excluding hydrogens is 258 g/mol. The number of nitrogen functional groups attached to an aromatic ring is 1. The maximum Gasteiger partial charge on any atom is 0.238 e. The van der Waals surface area contributed by atoms with Gasteiger partial charge in [0, 0.05) is 12.3 Å². The lowest BCUT2D eigenvalue weighted by molar-refractivity contribution is -0.117. The van der Waals surface area contributed by atoms with Crippen molar-refractivity contribution in [1.29, 1.82) is 0 Å². The third-order valence-corrected chi connectivity index (χ3v) is 4.30. The number of carbonyl (C=O) groups is 1. The lowest BCUT2D eigenvalue weighted by atomic mass is 10.1. The summed E-state index contributed by atoms with van der Waals surface area (Å²) in [6.07, 6.45) is 1.16. The Morgan fingerprint density at radius 1 is 1.42 bits per heavy atom. The van der Waals surface area contributed by atoms with Crippen LogP contribution in [0.1, 0.15) is 12.0 Å². The number of anilines is 2. The summed E-state index contributed by atoms with van der Waals surface area (Å²) in [6, 6.07) is 5.66. The number of hydrogen-bond donors (Lipinski definition) is 2. The molecule has 1 aliphatic rings. The standard InChI is InChI=1S/C14H21N3OS/c1-11-4-2-5-12(15)14(11)16-13(18)10-17-6-3-8-19-9-7-17/h2,4-5H,3,6-10,15H2,1H3,(H,16,18). The van der Waals surface area contributed by atoms with Gasteiger partial charge in [-0.2, -0.15) is 11.8 Å². The van der Waals surface area contributed by atoms with Gasteiger partial charge >= 0.3 is 0 Å². The molecule has 5 heteroatoms. The van der Waals surface area contributed by atoms with E-state index in [0.717, 1.165) is 36.5 Å². The van der Waals surface area contributed by atoms with Gasteiger partial charge < -0.3 is 11.1 Å². The molecule has 19 heavy (non-hydrogen) atoms. The fraction of sp³-hybridized carbons (Fsp3) is 0.500. The van der Waals surface area contributed by atoms with E-state index < -0.39 is 0 Å². The van der Waals surface area contributed by atoms with Crippen molar-refractivity contribution in [3.8, 4) is 0 Å². The quantitative estimate of drug-likeness (QED) is 0.830. The molecule has 0 aliphatic carbocycles. The number of amides is 1. The Labute approximate surface area is 118 Å². The van der Waals surface area contributed by atoms with E-state index in [4.69, 9.17) is 5.73 Å². The first-order chi connectivity index (χ1) is 9.16. The topological polar surface area (TPSA) is 58.4 Å². The molecular formula is C14H21N3OS. The van der Waals surface area contributed by atoms with Crippen LogP contribution >= 0.6 is 11.8 Å². The van der Waals surface area contributed by atoms with E-state index in [1.54, 1.807) is 0 Å². The molecule has 1 saturated heterocycles. The van der Waals surface area contributed by atoms with E-state index >= 15 is 0 Å². The summed E-state index contributed by atoms with van der Waals surface area (Å²) >= 11 is 1.96. The van der Waals surface area contributed by atoms with Gasteiger partial charge in [-0.1, -0.05) is 12.1 Å². The first-order valence-electron chi connectivity index (χ1n) is 6.62. The molecule has 2 rings (SSSR count). The van der Waals surface area contributed by atoms with Crippen molar-refractivity contribution in [3.63, 3.8) is 0 Å². The molecule has 3 N–H and O–H groups in total. The Balaban J connectivity index is 1.93. The smallest absolute Gasteiger partial charge is 0.238 e. The van der Waals surface area contributed by atoms with Crippen molar-refractivity contribution < 1.29 is 4.79 Å². The predicted octanol–water partition coefficient (Wildman–Crippen LogP) is 1.95. The number of rotatable bonds is 3. The Morgan fingerprint density at radius 2 is 2.26 bits per heavy atom. The van der Waals surface area contributed by atoms with E-state index in [2.05, 4.69) is 10.2 Å². The molecule has 104 valence electrons. The number of thioether (sulfide) groups is 1. The molecule has 4 nitrogen and oxygen atoms in total. The predicted molar refractivity (Wildman–Crippen MR) is 82.6 cm³/mol. The molecule has 0 radical (unpaired) electrons. The molecule has 1 fully saturated rings. The summed E-state index contributed by atoms with van der Waals surface area (Å²) in [7, 11) is 0. The second kappa shape index (κ2) is 6.82. The van der Waals surface area contributed by atoms with Crippen molar-refractivity contribution in [2.45, 2.75) is 13.3 Å². The van der Waals surface area contributed by atoms with Gasteiger partial charge in [0.2, 0.25) is 5.91 Å². The maximum atomic E-state index is 12.1. The number of nitrogens with zero attached hydrogens (tertiary/aromatic N) is 1. The molecule has 0 unspecified atom stereocenters. The number of benzene rings is 1. The van der Waals surface area contributed by atoms with Crippen molar-refractivity contribution in [1.82, 2.24) is 4.90 Å². The van der Waals surface area contributed by atoms with Gasteiger partial charge in [-0.15, -0.1) is 0 Å². The SMILES string of the molecule is Cc1cccc(N)c1NC(=O)CN1CCCSCC1. The molecule has 0 bridgehead atoms. The normalized spacial score (nSPS) is 16.9. The molecule has 0 spiro atoms.